The van der Waals surface area contributed by atoms with Crippen LogP contribution in [0.1, 0.15) is 13.3 Å². The lowest BCUT2D eigenvalue weighted by Gasteiger charge is -2.27. The summed E-state index contributed by atoms with van der Waals surface area (Å²) in [5, 5.41) is 0. The van der Waals surface area contributed by atoms with Gasteiger partial charge in [-0.25, -0.2) is 0 Å². The first-order valence-electron chi connectivity index (χ1n) is 7.36. The summed E-state index contributed by atoms with van der Waals surface area (Å²) >= 11 is 0. The number of anilines is 1. The second kappa shape index (κ2) is 7.51. The molecule has 1 saturated heterocycles. The molecule has 1 aliphatic rings. The molecule has 2 rings (SSSR count). The van der Waals surface area contributed by atoms with Crippen LogP contribution < -0.4 is 4.90 Å². The minimum atomic E-state index is 0.738. The van der Waals surface area contributed by atoms with Crippen molar-refractivity contribution in [3.8, 4) is 0 Å². The topological polar surface area (TPSA) is 15.7 Å². The first-order chi connectivity index (χ1) is 9.29. The van der Waals surface area contributed by atoms with Gasteiger partial charge in [0.05, 0.1) is 6.61 Å². The Morgan fingerprint density at radius 1 is 1.21 bits per heavy atom. The van der Waals surface area contributed by atoms with E-state index in [2.05, 4.69) is 54.1 Å². The summed E-state index contributed by atoms with van der Waals surface area (Å²) in [6.45, 7) is 8.65. The fourth-order valence-electron chi connectivity index (χ4n) is 2.57. The van der Waals surface area contributed by atoms with Gasteiger partial charge in [0.2, 0.25) is 0 Å². The minimum Gasteiger partial charge on any atom is -0.381 e. The summed E-state index contributed by atoms with van der Waals surface area (Å²) in [6.07, 6.45) is 1.23. The van der Waals surface area contributed by atoms with Crippen molar-refractivity contribution in [3.63, 3.8) is 0 Å². The molecule has 0 aromatic heterocycles. The number of nitrogens with zero attached hydrogens (tertiary/aromatic N) is 2. The van der Waals surface area contributed by atoms with E-state index in [-0.39, 0.29) is 0 Å². The molecule has 0 radical (unpaired) electrons. The number of benzene rings is 1. The average Bonchev–Trinajstić information content (AvgIpc) is 2.97. The van der Waals surface area contributed by atoms with E-state index >= 15 is 0 Å². The standard InChI is InChI=1S/C16H26N2O/c1-3-18(13-15-9-12-19-14-15)11-10-17(2)16-7-5-4-6-8-16/h4-8,15H,3,9-14H2,1-2H3/t15-/m0/s1. The SMILES string of the molecule is CCN(CCN(C)c1ccccc1)C[C@@H]1CCOC1. The van der Waals surface area contributed by atoms with Gasteiger partial charge in [0.25, 0.3) is 0 Å². The summed E-state index contributed by atoms with van der Waals surface area (Å²) < 4.78 is 5.46. The molecule has 0 saturated carbocycles. The monoisotopic (exact) mass is 262 g/mol. The van der Waals surface area contributed by atoms with Crippen molar-refractivity contribution in [1.29, 1.82) is 0 Å². The summed E-state index contributed by atoms with van der Waals surface area (Å²) in [6, 6.07) is 10.6. The van der Waals surface area contributed by atoms with Crippen molar-refractivity contribution >= 4 is 5.69 Å². The minimum absolute atomic E-state index is 0.738. The Morgan fingerprint density at radius 3 is 2.63 bits per heavy atom. The predicted octanol–water partition coefficient (Wildman–Crippen LogP) is 2.48. The van der Waals surface area contributed by atoms with Crippen LogP contribution >= 0.6 is 0 Å². The van der Waals surface area contributed by atoms with E-state index in [1.165, 1.54) is 18.7 Å². The number of hydrogen-bond acceptors (Lipinski definition) is 3. The van der Waals surface area contributed by atoms with E-state index in [1.54, 1.807) is 0 Å². The van der Waals surface area contributed by atoms with Crippen molar-refractivity contribution in [1.82, 2.24) is 4.90 Å². The number of likely N-dealkylation sites (N-methyl/N-ethyl adjacent to an activating group) is 2. The highest BCUT2D eigenvalue weighted by molar-refractivity contribution is 5.44. The van der Waals surface area contributed by atoms with Crippen LogP contribution in [0.15, 0.2) is 30.3 Å². The predicted molar refractivity (Wildman–Crippen MR) is 80.8 cm³/mol. The zero-order valence-corrected chi connectivity index (χ0v) is 12.2. The normalized spacial score (nSPS) is 19.0. The Balaban J connectivity index is 1.75. The molecule has 1 fully saturated rings. The van der Waals surface area contributed by atoms with E-state index < -0.39 is 0 Å². The van der Waals surface area contributed by atoms with Gasteiger partial charge < -0.3 is 14.5 Å². The van der Waals surface area contributed by atoms with Crippen molar-refractivity contribution in [2.24, 2.45) is 5.92 Å². The fraction of sp³-hybridized carbons (Fsp3) is 0.625. The largest absolute Gasteiger partial charge is 0.381 e. The van der Waals surface area contributed by atoms with Crippen LogP contribution in [0, 0.1) is 5.92 Å². The lowest BCUT2D eigenvalue weighted by molar-refractivity contribution is 0.169. The molecule has 1 atom stereocenters. The van der Waals surface area contributed by atoms with Crippen LogP contribution in [-0.2, 0) is 4.74 Å². The van der Waals surface area contributed by atoms with E-state index in [0.29, 0.717) is 0 Å². The third-order valence-electron chi connectivity index (χ3n) is 3.94. The highest BCUT2D eigenvalue weighted by Crippen LogP contribution is 2.14. The maximum atomic E-state index is 5.46. The summed E-state index contributed by atoms with van der Waals surface area (Å²) in [4.78, 5) is 4.87. The van der Waals surface area contributed by atoms with Crippen molar-refractivity contribution in [3.05, 3.63) is 30.3 Å². The summed E-state index contributed by atoms with van der Waals surface area (Å²) in [7, 11) is 2.17. The molecule has 1 aromatic carbocycles. The fourth-order valence-corrected chi connectivity index (χ4v) is 2.57. The van der Waals surface area contributed by atoms with E-state index in [0.717, 1.165) is 38.8 Å². The lowest BCUT2D eigenvalue weighted by atomic mass is 10.1. The van der Waals surface area contributed by atoms with Gasteiger partial charge in [-0.1, -0.05) is 25.1 Å². The second-order valence-electron chi connectivity index (χ2n) is 5.38. The average molecular weight is 262 g/mol. The molecule has 0 spiro atoms. The summed E-state index contributed by atoms with van der Waals surface area (Å²) in [5.41, 5.74) is 1.29. The Hall–Kier alpha value is -1.06. The molecule has 1 heterocycles. The van der Waals surface area contributed by atoms with Crippen molar-refractivity contribution in [2.75, 3.05) is 51.3 Å². The van der Waals surface area contributed by atoms with Crippen LogP contribution in [0.25, 0.3) is 0 Å². The zero-order valence-electron chi connectivity index (χ0n) is 12.2. The van der Waals surface area contributed by atoms with Gasteiger partial charge in [-0.05, 0) is 31.0 Å². The molecule has 0 amide bonds. The van der Waals surface area contributed by atoms with Crippen LogP contribution in [0.5, 0.6) is 0 Å². The Bertz CT molecular complexity index is 349. The van der Waals surface area contributed by atoms with Crippen molar-refractivity contribution in [2.45, 2.75) is 13.3 Å². The molecule has 1 aromatic rings. The van der Waals surface area contributed by atoms with Crippen LogP contribution in [0.4, 0.5) is 5.69 Å². The van der Waals surface area contributed by atoms with Gasteiger partial charge in [-0.15, -0.1) is 0 Å². The van der Waals surface area contributed by atoms with Crippen LogP contribution in [-0.4, -0.2) is 51.3 Å². The van der Waals surface area contributed by atoms with Gasteiger partial charge in [-0.2, -0.15) is 0 Å². The third-order valence-corrected chi connectivity index (χ3v) is 3.94. The Labute approximate surface area is 117 Å². The lowest BCUT2D eigenvalue weighted by Crippen LogP contribution is -2.36. The maximum absolute atomic E-state index is 5.46. The Morgan fingerprint density at radius 2 is 2.00 bits per heavy atom. The zero-order chi connectivity index (χ0) is 13.5. The number of rotatable bonds is 7. The second-order valence-corrected chi connectivity index (χ2v) is 5.38. The van der Waals surface area contributed by atoms with Crippen LogP contribution in [0.3, 0.4) is 0 Å². The molecular weight excluding hydrogens is 236 g/mol. The van der Waals surface area contributed by atoms with Crippen molar-refractivity contribution < 1.29 is 4.74 Å². The third kappa shape index (κ3) is 4.51. The molecule has 0 unspecified atom stereocenters. The molecule has 106 valence electrons. The molecule has 1 aliphatic heterocycles. The number of hydrogen-bond donors (Lipinski definition) is 0. The highest BCUT2D eigenvalue weighted by Gasteiger charge is 2.18. The number of para-hydroxylation sites is 1. The summed E-state index contributed by atoms with van der Waals surface area (Å²) in [5.74, 6) is 0.738. The first-order valence-corrected chi connectivity index (χ1v) is 7.36. The van der Waals surface area contributed by atoms with E-state index in [9.17, 15) is 0 Å². The molecule has 19 heavy (non-hydrogen) atoms. The van der Waals surface area contributed by atoms with E-state index in [4.69, 9.17) is 4.74 Å². The van der Waals surface area contributed by atoms with Gasteiger partial charge in [0, 0.05) is 39.0 Å². The van der Waals surface area contributed by atoms with Gasteiger partial charge in [0.15, 0.2) is 0 Å². The smallest absolute Gasteiger partial charge is 0.0507 e. The van der Waals surface area contributed by atoms with Gasteiger partial charge in [-0.3, -0.25) is 0 Å². The molecule has 0 aliphatic carbocycles. The molecule has 3 nitrogen and oxygen atoms in total. The molecule has 0 N–H and O–H groups in total. The molecule has 0 bridgehead atoms. The van der Waals surface area contributed by atoms with Crippen LogP contribution in [0.2, 0.25) is 0 Å². The number of ether oxygens (including phenoxy) is 1. The van der Waals surface area contributed by atoms with Gasteiger partial charge in [0.1, 0.15) is 0 Å². The first kappa shape index (κ1) is 14.4. The molecule has 3 heteroatoms. The highest BCUT2D eigenvalue weighted by atomic mass is 16.5. The molecular formula is C16H26N2O. The van der Waals surface area contributed by atoms with Gasteiger partial charge >= 0.3 is 0 Å². The van der Waals surface area contributed by atoms with E-state index in [1.807, 2.05) is 0 Å². The maximum Gasteiger partial charge on any atom is 0.0507 e. The Kier molecular flexibility index (Phi) is 5.67. The quantitative estimate of drug-likeness (QED) is 0.751.